The smallest absolute Gasteiger partial charge is 0.257 e. The van der Waals surface area contributed by atoms with Crippen molar-refractivity contribution in [1.82, 2.24) is 4.98 Å². The minimum atomic E-state index is -0.140. The van der Waals surface area contributed by atoms with Crippen molar-refractivity contribution in [3.05, 3.63) is 66.1 Å². The third-order valence-electron chi connectivity index (χ3n) is 5.20. The van der Waals surface area contributed by atoms with E-state index in [1.807, 2.05) is 49.4 Å². The molecule has 1 aliphatic heterocycles. The van der Waals surface area contributed by atoms with Gasteiger partial charge in [-0.3, -0.25) is 4.79 Å². The molecule has 3 heterocycles. The van der Waals surface area contributed by atoms with Crippen LogP contribution in [0.3, 0.4) is 0 Å². The van der Waals surface area contributed by atoms with Gasteiger partial charge in [0.2, 0.25) is 0 Å². The molecule has 0 radical (unpaired) electrons. The van der Waals surface area contributed by atoms with Gasteiger partial charge in [-0.25, -0.2) is 4.98 Å². The summed E-state index contributed by atoms with van der Waals surface area (Å²) in [6.07, 6.45) is 6.56. The van der Waals surface area contributed by atoms with Crippen LogP contribution in [0.25, 0.3) is 11.5 Å². The zero-order valence-corrected chi connectivity index (χ0v) is 16.1. The van der Waals surface area contributed by atoms with E-state index in [0.717, 1.165) is 30.2 Å². The number of anilines is 2. The molecule has 1 N–H and O–H groups in total. The highest BCUT2D eigenvalue weighted by Crippen LogP contribution is 2.29. The van der Waals surface area contributed by atoms with Crippen LogP contribution < -0.4 is 10.2 Å². The summed E-state index contributed by atoms with van der Waals surface area (Å²) in [5.41, 5.74) is 3.92. The molecule has 1 aromatic carbocycles. The van der Waals surface area contributed by atoms with Crippen LogP contribution >= 0.6 is 0 Å². The molecule has 0 saturated carbocycles. The maximum absolute atomic E-state index is 12.9. The van der Waals surface area contributed by atoms with Gasteiger partial charge in [-0.05, 0) is 56.2 Å². The predicted molar refractivity (Wildman–Crippen MR) is 112 cm³/mol. The zero-order valence-electron chi connectivity index (χ0n) is 16.1. The Morgan fingerprint density at radius 2 is 1.79 bits per heavy atom. The Bertz CT molecular complexity index is 942. The van der Waals surface area contributed by atoms with Crippen LogP contribution in [0, 0.1) is 6.92 Å². The number of para-hydroxylation sites is 2. The normalized spacial score (nSPS) is 14.5. The van der Waals surface area contributed by atoms with Crippen molar-refractivity contribution >= 4 is 17.3 Å². The largest absolute Gasteiger partial charge is 0.463 e. The highest BCUT2D eigenvalue weighted by Gasteiger charge is 2.17. The lowest BCUT2D eigenvalue weighted by atomic mass is 10.1. The van der Waals surface area contributed by atoms with Crippen LogP contribution in [0.1, 0.15) is 41.7 Å². The van der Waals surface area contributed by atoms with Crippen molar-refractivity contribution in [2.24, 2.45) is 0 Å². The van der Waals surface area contributed by atoms with Crippen molar-refractivity contribution < 1.29 is 9.21 Å². The van der Waals surface area contributed by atoms with Gasteiger partial charge >= 0.3 is 0 Å². The average molecular weight is 375 g/mol. The summed E-state index contributed by atoms with van der Waals surface area (Å²) in [4.78, 5) is 19.9. The molecule has 1 saturated heterocycles. The monoisotopic (exact) mass is 375 g/mol. The molecular formula is C23H25N3O2. The molecule has 1 fully saturated rings. The van der Waals surface area contributed by atoms with Gasteiger partial charge in [0.15, 0.2) is 5.76 Å². The molecule has 5 nitrogen and oxygen atoms in total. The summed E-state index contributed by atoms with van der Waals surface area (Å²) >= 11 is 0. The van der Waals surface area contributed by atoms with E-state index in [-0.39, 0.29) is 5.91 Å². The number of nitrogens with zero attached hydrogens (tertiary/aromatic N) is 2. The molecule has 0 atom stereocenters. The van der Waals surface area contributed by atoms with Gasteiger partial charge < -0.3 is 14.6 Å². The van der Waals surface area contributed by atoms with Gasteiger partial charge in [-0.1, -0.05) is 25.0 Å². The van der Waals surface area contributed by atoms with Crippen LogP contribution in [0.2, 0.25) is 0 Å². The molecule has 1 aliphatic rings. The Morgan fingerprint density at radius 1 is 1.00 bits per heavy atom. The second-order valence-electron chi connectivity index (χ2n) is 7.18. The number of hydrogen-bond acceptors (Lipinski definition) is 4. The molecule has 2 aromatic heterocycles. The van der Waals surface area contributed by atoms with Crippen LogP contribution in [0.4, 0.5) is 11.4 Å². The molecule has 0 bridgehead atoms. The fourth-order valence-corrected chi connectivity index (χ4v) is 3.72. The van der Waals surface area contributed by atoms with E-state index in [4.69, 9.17) is 4.42 Å². The number of pyridine rings is 1. The highest BCUT2D eigenvalue weighted by atomic mass is 16.3. The minimum absolute atomic E-state index is 0.140. The van der Waals surface area contributed by atoms with E-state index >= 15 is 0 Å². The van der Waals surface area contributed by atoms with E-state index in [2.05, 4.69) is 21.3 Å². The second kappa shape index (κ2) is 8.30. The first-order chi connectivity index (χ1) is 13.7. The summed E-state index contributed by atoms with van der Waals surface area (Å²) in [6, 6.07) is 15.4. The molecule has 144 valence electrons. The highest BCUT2D eigenvalue weighted by molar-refractivity contribution is 6.06. The van der Waals surface area contributed by atoms with Gasteiger partial charge in [0, 0.05) is 13.1 Å². The van der Waals surface area contributed by atoms with E-state index < -0.39 is 0 Å². The number of nitrogens with one attached hydrogen (secondary N) is 1. The van der Waals surface area contributed by atoms with Crippen molar-refractivity contribution in [2.75, 3.05) is 23.3 Å². The van der Waals surface area contributed by atoms with Crippen molar-refractivity contribution in [3.8, 4) is 11.5 Å². The summed E-state index contributed by atoms with van der Waals surface area (Å²) in [5, 5.41) is 3.10. The fourth-order valence-electron chi connectivity index (χ4n) is 3.72. The summed E-state index contributed by atoms with van der Waals surface area (Å²) in [7, 11) is 0. The van der Waals surface area contributed by atoms with Gasteiger partial charge in [0.1, 0.15) is 5.69 Å². The Morgan fingerprint density at radius 3 is 2.50 bits per heavy atom. The number of rotatable bonds is 4. The molecule has 1 amide bonds. The maximum atomic E-state index is 12.9. The van der Waals surface area contributed by atoms with Crippen molar-refractivity contribution in [1.29, 1.82) is 0 Å². The number of benzene rings is 1. The van der Waals surface area contributed by atoms with Gasteiger partial charge in [-0.15, -0.1) is 0 Å². The third kappa shape index (κ3) is 3.93. The SMILES string of the molecule is Cc1nc(-c2ccco2)ccc1C(=O)Nc1ccccc1N1CCCCCC1. The Kier molecular flexibility index (Phi) is 5.42. The summed E-state index contributed by atoms with van der Waals surface area (Å²) < 4.78 is 5.40. The summed E-state index contributed by atoms with van der Waals surface area (Å²) in [5.74, 6) is 0.555. The predicted octanol–water partition coefficient (Wildman–Crippen LogP) is 5.28. The topological polar surface area (TPSA) is 58.4 Å². The Hall–Kier alpha value is -3.08. The molecular weight excluding hydrogens is 350 g/mol. The van der Waals surface area contributed by atoms with E-state index in [1.54, 1.807) is 6.26 Å². The third-order valence-corrected chi connectivity index (χ3v) is 5.20. The molecule has 4 rings (SSSR count). The second-order valence-corrected chi connectivity index (χ2v) is 7.18. The van der Waals surface area contributed by atoms with Crippen LogP contribution in [-0.4, -0.2) is 24.0 Å². The van der Waals surface area contributed by atoms with Crippen LogP contribution in [0.5, 0.6) is 0 Å². The standard InChI is InChI=1S/C23H25N3O2/c1-17-18(12-13-20(24-17)22-11-8-16-28-22)23(27)25-19-9-4-5-10-21(19)26-14-6-2-3-7-15-26/h4-5,8-13,16H,2-3,6-7,14-15H2,1H3,(H,25,27). The first-order valence-electron chi connectivity index (χ1n) is 9.89. The molecule has 3 aromatic rings. The lowest BCUT2D eigenvalue weighted by molar-refractivity contribution is 0.102. The van der Waals surface area contributed by atoms with Gasteiger partial charge in [-0.2, -0.15) is 0 Å². The summed E-state index contributed by atoms with van der Waals surface area (Å²) in [6.45, 7) is 3.92. The van der Waals surface area contributed by atoms with E-state index in [0.29, 0.717) is 17.0 Å². The molecule has 5 heteroatoms. The van der Waals surface area contributed by atoms with Crippen LogP contribution in [0.15, 0.2) is 59.2 Å². The first-order valence-corrected chi connectivity index (χ1v) is 9.89. The number of carbonyl (C=O) groups excluding carboxylic acids is 1. The molecule has 0 unspecified atom stereocenters. The average Bonchev–Trinajstić information content (AvgIpc) is 3.11. The van der Waals surface area contributed by atoms with Crippen molar-refractivity contribution in [3.63, 3.8) is 0 Å². The number of amides is 1. The number of carbonyl (C=O) groups is 1. The Labute approximate surface area is 165 Å². The molecule has 0 spiro atoms. The van der Waals surface area contributed by atoms with Gasteiger partial charge in [0.25, 0.3) is 5.91 Å². The quantitative estimate of drug-likeness (QED) is 0.674. The number of furan rings is 1. The zero-order chi connectivity index (χ0) is 19.3. The maximum Gasteiger partial charge on any atom is 0.257 e. The van der Waals surface area contributed by atoms with Crippen molar-refractivity contribution in [2.45, 2.75) is 32.6 Å². The fraction of sp³-hybridized carbons (Fsp3) is 0.304. The minimum Gasteiger partial charge on any atom is -0.463 e. The number of aryl methyl sites for hydroxylation is 1. The lowest BCUT2D eigenvalue weighted by Gasteiger charge is -2.25. The number of hydrogen-bond donors (Lipinski definition) is 1. The number of aromatic nitrogens is 1. The molecule has 28 heavy (non-hydrogen) atoms. The van der Waals surface area contributed by atoms with Crippen LogP contribution in [-0.2, 0) is 0 Å². The molecule has 0 aliphatic carbocycles. The van der Waals surface area contributed by atoms with E-state index in [9.17, 15) is 4.79 Å². The Balaban J connectivity index is 1.56. The first kappa shape index (κ1) is 18.3. The lowest BCUT2D eigenvalue weighted by Crippen LogP contribution is -2.25. The van der Waals surface area contributed by atoms with Gasteiger partial charge in [0.05, 0.1) is 28.9 Å². The van der Waals surface area contributed by atoms with E-state index in [1.165, 1.54) is 25.7 Å².